The minimum atomic E-state index is -0.164. The highest BCUT2D eigenvalue weighted by molar-refractivity contribution is 6.04. The Balaban J connectivity index is 1.54. The van der Waals surface area contributed by atoms with E-state index in [0.29, 0.717) is 24.5 Å². The van der Waals surface area contributed by atoms with E-state index in [9.17, 15) is 4.79 Å². The van der Waals surface area contributed by atoms with E-state index < -0.39 is 0 Å². The highest BCUT2D eigenvalue weighted by Crippen LogP contribution is 2.20. The zero-order valence-corrected chi connectivity index (χ0v) is 15.1. The van der Waals surface area contributed by atoms with Crippen molar-refractivity contribution in [2.45, 2.75) is 32.3 Å². The summed E-state index contributed by atoms with van der Waals surface area (Å²) in [4.78, 5) is 12.4. The fourth-order valence-electron chi connectivity index (χ4n) is 2.75. The molecule has 0 aromatic heterocycles. The van der Waals surface area contributed by atoms with Gasteiger partial charge in [0.1, 0.15) is 18.1 Å². The number of carbonyl (C=O) groups is 1. The molecule has 1 aliphatic heterocycles. The first-order valence-corrected chi connectivity index (χ1v) is 9.13. The zero-order valence-electron chi connectivity index (χ0n) is 15.1. The summed E-state index contributed by atoms with van der Waals surface area (Å²) >= 11 is 0. The maximum atomic E-state index is 12.4. The molecule has 1 amide bonds. The first kappa shape index (κ1) is 18.3. The molecule has 0 aliphatic carbocycles. The van der Waals surface area contributed by atoms with Crippen molar-refractivity contribution in [1.29, 1.82) is 0 Å². The number of benzene rings is 2. The zero-order chi connectivity index (χ0) is 18.2. The van der Waals surface area contributed by atoms with Gasteiger partial charge < -0.3 is 19.5 Å². The molecule has 0 saturated carbocycles. The maximum absolute atomic E-state index is 12.4. The predicted molar refractivity (Wildman–Crippen MR) is 101 cm³/mol. The van der Waals surface area contributed by atoms with E-state index in [-0.39, 0.29) is 12.0 Å². The van der Waals surface area contributed by atoms with Crippen molar-refractivity contribution in [1.82, 2.24) is 0 Å². The van der Waals surface area contributed by atoms with Crippen molar-refractivity contribution < 1.29 is 19.0 Å². The van der Waals surface area contributed by atoms with Crippen molar-refractivity contribution >= 4 is 11.6 Å². The molecule has 1 unspecified atom stereocenters. The van der Waals surface area contributed by atoms with E-state index in [2.05, 4.69) is 12.2 Å². The van der Waals surface area contributed by atoms with Crippen LogP contribution in [0.25, 0.3) is 0 Å². The molecule has 0 bridgehead atoms. The SMILES string of the molecule is CCCOc1cccc(NC(=O)c2ccc(OCC3CCCO3)cc2)c1. The lowest BCUT2D eigenvalue weighted by Crippen LogP contribution is -2.16. The van der Waals surface area contributed by atoms with Crippen LogP contribution in [-0.4, -0.2) is 31.8 Å². The van der Waals surface area contributed by atoms with Gasteiger partial charge in [0.2, 0.25) is 0 Å². The first-order valence-electron chi connectivity index (χ1n) is 9.13. The number of rotatable bonds is 8. The number of hydrogen-bond donors (Lipinski definition) is 1. The standard InChI is InChI=1S/C21H25NO4/c1-2-12-24-19-6-3-5-17(14-19)22-21(23)16-8-10-18(11-9-16)26-15-20-7-4-13-25-20/h3,5-6,8-11,14,20H,2,4,7,12-13,15H2,1H3,(H,22,23). The Morgan fingerprint density at radius 1 is 1.15 bits per heavy atom. The smallest absolute Gasteiger partial charge is 0.255 e. The third-order valence-electron chi connectivity index (χ3n) is 4.14. The van der Waals surface area contributed by atoms with Crippen LogP contribution in [-0.2, 0) is 4.74 Å². The highest BCUT2D eigenvalue weighted by atomic mass is 16.5. The highest BCUT2D eigenvalue weighted by Gasteiger charge is 2.16. The Morgan fingerprint density at radius 3 is 2.73 bits per heavy atom. The van der Waals surface area contributed by atoms with Gasteiger partial charge in [-0.15, -0.1) is 0 Å². The van der Waals surface area contributed by atoms with Gasteiger partial charge >= 0.3 is 0 Å². The van der Waals surface area contributed by atoms with Gasteiger partial charge in [0.25, 0.3) is 5.91 Å². The van der Waals surface area contributed by atoms with Gasteiger partial charge in [0, 0.05) is 23.9 Å². The topological polar surface area (TPSA) is 56.8 Å². The van der Waals surface area contributed by atoms with Crippen LogP contribution in [0.3, 0.4) is 0 Å². The number of carbonyl (C=O) groups excluding carboxylic acids is 1. The fraction of sp³-hybridized carbons (Fsp3) is 0.381. The van der Waals surface area contributed by atoms with Crippen LogP contribution in [0.15, 0.2) is 48.5 Å². The van der Waals surface area contributed by atoms with Gasteiger partial charge in [-0.05, 0) is 55.7 Å². The summed E-state index contributed by atoms with van der Waals surface area (Å²) in [5, 5.41) is 2.89. The van der Waals surface area contributed by atoms with Crippen LogP contribution < -0.4 is 14.8 Å². The second kappa shape index (κ2) is 9.25. The molecule has 138 valence electrons. The van der Waals surface area contributed by atoms with Crippen LogP contribution in [0, 0.1) is 0 Å². The lowest BCUT2D eigenvalue weighted by Gasteiger charge is -2.12. The maximum Gasteiger partial charge on any atom is 0.255 e. The third kappa shape index (κ3) is 5.23. The monoisotopic (exact) mass is 355 g/mol. The number of nitrogens with one attached hydrogen (secondary N) is 1. The Kier molecular flexibility index (Phi) is 6.50. The van der Waals surface area contributed by atoms with Crippen LogP contribution in [0.1, 0.15) is 36.5 Å². The van der Waals surface area contributed by atoms with Gasteiger partial charge in [0.05, 0.1) is 12.7 Å². The van der Waals surface area contributed by atoms with Gasteiger partial charge in [-0.2, -0.15) is 0 Å². The Hall–Kier alpha value is -2.53. The van der Waals surface area contributed by atoms with Crippen molar-refractivity contribution in [3.8, 4) is 11.5 Å². The summed E-state index contributed by atoms with van der Waals surface area (Å²) in [6.45, 7) is 4.08. The molecule has 1 saturated heterocycles. The Labute approximate surface area is 154 Å². The van der Waals surface area contributed by atoms with Gasteiger partial charge in [-0.25, -0.2) is 0 Å². The summed E-state index contributed by atoms with van der Waals surface area (Å²) in [5.74, 6) is 1.33. The summed E-state index contributed by atoms with van der Waals surface area (Å²) in [7, 11) is 0. The van der Waals surface area contributed by atoms with E-state index >= 15 is 0 Å². The van der Waals surface area contributed by atoms with E-state index in [4.69, 9.17) is 14.2 Å². The number of ether oxygens (including phenoxy) is 3. The summed E-state index contributed by atoms with van der Waals surface area (Å²) < 4.78 is 16.9. The average Bonchev–Trinajstić information content (AvgIpc) is 3.19. The molecule has 2 aromatic carbocycles. The van der Waals surface area contributed by atoms with E-state index in [1.54, 1.807) is 12.1 Å². The number of amides is 1. The lowest BCUT2D eigenvalue weighted by atomic mass is 10.2. The van der Waals surface area contributed by atoms with Crippen LogP contribution in [0.4, 0.5) is 5.69 Å². The molecule has 1 heterocycles. The van der Waals surface area contributed by atoms with Crippen LogP contribution in [0.5, 0.6) is 11.5 Å². The van der Waals surface area contributed by atoms with Crippen LogP contribution >= 0.6 is 0 Å². The molecule has 2 aromatic rings. The lowest BCUT2D eigenvalue weighted by molar-refractivity contribution is 0.0679. The predicted octanol–water partition coefficient (Wildman–Crippen LogP) is 4.29. The quantitative estimate of drug-likeness (QED) is 0.768. The second-order valence-corrected chi connectivity index (χ2v) is 6.30. The molecular weight excluding hydrogens is 330 g/mol. The van der Waals surface area contributed by atoms with Crippen LogP contribution in [0.2, 0.25) is 0 Å². The average molecular weight is 355 g/mol. The second-order valence-electron chi connectivity index (χ2n) is 6.30. The van der Waals surface area contributed by atoms with Crippen molar-refractivity contribution in [3.63, 3.8) is 0 Å². The minimum Gasteiger partial charge on any atom is -0.494 e. The number of anilines is 1. The molecule has 0 radical (unpaired) electrons. The minimum absolute atomic E-state index is 0.164. The first-order chi connectivity index (χ1) is 12.7. The Morgan fingerprint density at radius 2 is 2.00 bits per heavy atom. The molecule has 5 nitrogen and oxygen atoms in total. The van der Waals surface area contributed by atoms with Crippen molar-refractivity contribution in [2.75, 3.05) is 25.1 Å². The van der Waals surface area contributed by atoms with Gasteiger partial charge in [0.15, 0.2) is 0 Å². The van der Waals surface area contributed by atoms with Gasteiger partial charge in [-0.1, -0.05) is 13.0 Å². The van der Waals surface area contributed by atoms with E-state index in [1.807, 2.05) is 36.4 Å². The molecule has 1 N–H and O–H groups in total. The normalized spacial score (nSPS) is 16.3. The molecule has 26 heavy (non-hydrogen) atoms. The molecule has 1 atom stereocenters. The molecule has 1 fully saturated rings. The van der Waals surface area contributed by atoms with E-state index in [0.717, 1.165) is 37.4 Å². The molecule has 5 heteroatoms. The molecule has 3 rings (SSSR count). The Bertz CT molecular complexity index is 708. The van der Waals surface area contributed by atoms with Crippen molar-refractivity contribution in [3.05, 3.63) is 54.1 Å². The molecule has 0 spiro atoms. The largest absolute Gasteiger partial charge is 0.494 e. The molecular formula is C21H25NO4. The third-order valence-corrected chi connectivity index (χ3v) is 4.14. The summed E-state index contributed by atoms with van der Waals surface area (Å²) in [6.07, 6.45) is 3.26. The summed E-state index contributed by atoms with van der Waals surface area (Å²) in [5.41, 5.74) is 1.29. The van der Waals surface area contributed by atoms with E-state index in [1.165, 1.54) is 0 Å². The summed E-state index contributed by atoms with van der Waals surface area (Å²) in [6, 6.07) is 14.6. The number of hydrogen-bond acceptors (Lipinski definition) is 4. The van der Waals surface area contributed by atoms with Gasteiger partial charge in [-0.3, -0.25) is 4.79 Å². The fourth-order valence-corrected chi connectivity index (χ4v) is 2.75. The molecule has 1 aliphatic rings. The van der Waals surface area contributed by atoms with Crippen molar-refractivity contribution in [2.24, 2.45) is 0 Å².